The Kier molecular flexibility index (Phi) is 4.20. The van der Waals surface area contributed by atoms with Crippen molar-refractivity contribution in [2.45, 2.75) is 26.3 Å². The number of halogens is 1. The third kappa shape index (κ3) is 3.03. The molecule has 0 fully saturated rings. The van der Waals surface area contributed by atoms with Crippen LogP contribution in [0.25, 0.3) is 0 Å². The van der Waals surface area contributed by atoms with Gasteiger partial charge in [-0.2, -0.15) is 0 Å². The number of aliphatic carboxylic acids is 1. The van der Waals surface area contributed by atoms with Crippen LogP contribution in [0.5, 0.6) is 0 Å². The van der Waals surface area contributed by atoms with Gasteiger partial charge in [-0.15, -0.1) is 0 Å². The molecule has 1 amide bonds. The summed E-state index contributed by atoms with van der Waals surface area (Å²) in [6.45, 7) is 3.13. The molecule has 0 radical (unpaired) electrons. The number of carboxylic acid groups (broad SMARTS) is 1. The Labute approximate surface area is 98.5 Å². The predicted octanol–water partition coefficient (Wildman–Crippen LogP) is 1.73. The first-order valence-corrected chi connectivity index (χ1v) is 5.26. The van der Waals surface area contributed by atoms with E-state index >= 15 is 0 Å². The van der Waals surface area contributed by atoms with Gasteiger partial charge in [0.2, 0.25) is 0 Å². The fourth-order valence-electron chi connectivity index (χ4n) is 1.43. The van der Waals surface area contributed by atoms with Crippen molar-refractivity contribution in [3.8, 4) is 0 Å². The molecule has 17 heavy (non-hydrogen) atoms. The van der Waals surface area contributed by atoms with E-state index in [9.17, 15) is 14.0 Å². The SMILES string of the molecule is CCC(NC(=O)c1cccc(F)c1C)C(=O)O. The van der Waals surface area contributed by atoms with E-state index in [2.05, 4.69) is 5.32 Å². The van der Waals surface area contributed by atoms with E-state index in [1.54, 1.807) is 6.92 Å². The third-order valence-corrected chi connectivity index (χ3v) is 2.52. The summed E-state index contributed by atoms with van der Waals surface area (Å²) in [5, 5.41) is 11.1. The Morgan fingerprint density at radius 2 is 2.12 bits per heavy atom. The molecule has 1 aromatic rings. The van der Waals surface area contributed by atoms with Crippen molar-refractivity contribution in [3.05, 3.63) is 35.1 Å². The third-order valence-electron chi connectivity index (χ3n) is 2.52. The number of hydrogen-bond donors (Lipinski definition) is 2. The minimum absolute atomic E-state index is 0.157. The van der Waals surface area contributed by atoms with Gasteiger partial charge in [-0.1, -0.05) is 13.0 Å². The lowest BCUT2D eigenvalue weighted by Gasteiger charge is -2.13. The van der Waals surface area contributed by atoms with E-state index < -0.39 is 23.7 Å². The number of carbonyl (C=O) groups excluding carboxylic acids is 1. The quantitative estimate of drug-likeness (QED) is 0.840. The summed E-state index contributed by atoms with van der Waals surface area (Å²) < 4.78 is 13.2. The van der Waals surface area contributed by atoms with E-state index in [1.165, 1.54) is 25.1 Å². The summed E-state index contributed by atoms with van der Waals surface area (Å²) in [6, 6.07) is 3.17. The Morgan fingerprint density at radius 3 is 2.65 bits per heavy atom. The van der Waals surface area contributed by atoms with Crippen LogP contribution in [0.2, 0.25) is 0 Å². The zero-order valence-corrected chi connectivity index (χ0v) is 9.66. The fraction of sp³-hybridized carbons (Fsp3) is 0.333. The van der Waals surface area contributed by atoms with Crippen molar-refractivity contribution in [3.63, 3.8) is 0 Å². The minimum Gasteiger partial charge on any atom is -0.480 e. The van der Waals surface area contributed by atoms with E-state index in [-0.39, 0.29) is 17.5 Å². The number of rotatable bonds is 4. The molecule has 5 heteroatoms. The van der Waals surface area contributed by atoms with Gasteiger partial charge < -0.3 is 10.4 Å². The normalized spacial score (nSPS) is 11.9. The molecule has 0 heterocycles. The zero-order valence-electron chi connectivity index (χ0n) is 9.66. The fourth-order valence-corrected chi connectivity index (χ4v) is 1.43. The van der Waals surface area contributed by atoms with Crippen LogP contribution in [0.4, 0.5) is 4.39 Å². The molecule has 0 aromatic heterocycles. The molecule has 0 aliphatic heterocycles. The Balaban J connectivity index is 2.90. The van der Waals surface area contributed by atoms with Gasteiger partial charge in [0.25, 0.3) is 5.91 Å². The van der Waals surface area contributed by atoms with Crippen molar-refractivity contribution in [2.75, 3.05) is 0 Å². The Morgan fingerprint density at radius 1 is 1.47 bits per heavy atom. The molecule has 1 unspecified atom stereocenters. The molecule has 1 atom stereocenters. The number of hydrogen-bond acceptors (Lipinski definition) is 2. The molecular weight excluding hydrogens is 225 g/mol. The highest BCUT2D eigenvalue weighted by Crippen LogP contribution is 2.12. The average molecular weight is 239 g/mol. The molecule has 4 nitrogen and oxygen atoms in total. The standard InChI is InChI=1S/C12H14FNO3/c1-3-10(12(16)17)14-11(15)8-5-4-6-9(13)7(8)2/h4-6,10H,3H2,1-2H3,(H,14,15)(H,16,17). The van der Waals surface area contributed by atoms with Crippen molar-refractivity contribution >= 4 is 11.9 Å². The van der Waals surface area contributed by atoms with Crippen LogP contribution < -0.4 is 5.32 Å². The smallest absolute Gasteiger partial charge is 0.326 e. The van der Waals surface area contributed by atoms with Gasteiger partial charge in [0.1, 0.15) is 11.9 Å². The number of carbonyl (C=O) groups is 2. The Hall–Kier alpha value is -1.91. The molecular formula is C12H14FNO3. The monoisotopic (exact) mass is 239 g/mol. The van der Waals surface area contributed by atoms with Crippen molar-refractivity contribution in [1.29, 1.82) is 0 Å². The van der Waals surface area contributed by atoms with Crippen molar-refractivity contribution in [1.82, 2.24) is 5.32 Å². The molecule has 0 saturated heterocycles. The number of benzene rings is 1. The second kappa shape index (κ2) is 5.43. The van der Waals surface area contributed by atoms with Gasteiger partial charge in [0, 0.05) is 5.56 Å². The van der Waals surface area contributed by atoms with Crippen LogP contribution in [0.3, 0.4) is 0 Å². The number of carboxylic acids is 1. The van der Waals surface area contributed by atoms with Gasteiger partial charge in [-0.3, -0.25) is 4.79 Å². The molecule has 0 aliphatic carbocycles. The van der Waals surface area contributed by atoms with Crippen molar-refractivity contribution < 1.29 is 19.1 Å². The maximum atomic E-state index is 13.2. The second-order valence-corrected chi connectivity index (χ2v) is 3.68. The number of amides is 1. The van der Waals surface area contributed by atoms with E-state index in [1.807, 2.05) is 0 Å². The van der Waals surface area contributed by atoms with Crippen LogP contribution in [-0.4, -0.2) is 23.0 Å². The molecule has 2 N–H and O–H groups in total. The zero-order chi connectivity index (χ0) is 13.0. The lowest BCUT2D eigenvalue weighted by atomic mass is 10.1. The summed E-state index contributed by atoms with van der Waals surface area (Å²) in [5.74, 6) is -2.16. The lowest BCUT2D eigenvalue weighted by molar-refractivity contribution is -0.139. The largest absolute Gasteiger partial charge is 0.480 e. The summed E-state index contributed by atoms with van der Waals surface area (Å²) in [6.07, 6.45) is 0.273. The molecule has 1 rings (SSSR count). The van der Waals surface area contributed by atoms with Gasteiger partial charge in [-0.05, 0) is 31.0 Å². The molecule has 0 saturated carbocycles. The predicted molar refractivity (Wildman–Crippen MR) is 60.3 cm³/mol. The van der Waals surface area contributed by atoms with Crippen molar-refractivity contribution in [2.24, 2.45) is 0 Å². The summed E-state index contributed by atoms with van der Waals surface area (Å²) in [7, 11) is 0. The molecule has 92 valence electrons. The van der Waals surface area contributed by atoms with E-state index in [4.69, 9.17) is 5.11 Å². The van der Waals surface area contributed by atoms with Gasteiger partial charge in [-0.25, -0.2) is 9.18 Å². The first kappa shape index (κ1) is 13.2. The van der Waals surface area contributed by atoms with Crippen LogP contribution in [-0.2, 0) is 4.79 Å². The summed E-state index contributed by atoms with van der Waals surface area (Å²) in [5.41, 5.74) is 0.370. The molecule has 0 spiro atoms. The highest BCUT2D eigenvalue weighted by molar-refractivity contribution is 5.97. The van der Waals surface area contributed by atoms with Gasteiger partial charge in [0.05, 0.1) is 0 Å². The van der Waals surface area contributed by atoms with Gasteiger partial charge >= 0.3 is 5.97 Å². The van der Waals surface area contributed by atoms with Gasteiger partial charge in [0.15, 0.2) is 0 Å². The molecule has 1 aromatic carbocycles. The maximum absolute atomic E-state index is 13.2. The first-order chi connectivity index (χ1) is 7.97. The van der Waals surface area contributed by atoms with Crippen LogP contribution in [0, 0.1) is 12.7 Å². The maximum Gasteiger partial charge on any atom is 0.326 e. The topological polar surface area (TPSA) is 66.4 Å². The van der Waals surface area contributed by atoms with Crippen LogP contribution in [0.15, 0.2) is 18.2 Å². The molecule has 0 aliphatic rings. The van der Waals surface area contributed by atoms with Crippen LogP contribution in [0.1, 0.15) is 29.3 Å². The first-order valence-electron chi connectivity index (χ1n) is 5.26. The summed E-state index contributed by atoms with van der Waals surface area (Å²) >= 11 is 0. The second-order valence-electron chi connectivity index (χ2n) is 3.68. The summed E-state index contributed by atoms with van der Waals surface area (Å²) in [4.78, 5) is 22.5. The van der Waals surface area contributed by atoms with E-state index in [0.29, 0.717) is 0 Å². The minimum atomic E-state index is -1.10. The van der Waals surface area contributed by atoms with E-state index in [0.717, 1.165) is 0 Å². The Bertz CT molecular complexity index is 445. The highest BCUT2D eigenvalue weighted by atomic mass is 19.1. The van der Waals surface area contributed by atoms with Crippen LogP contribution >= 0.6 is 0 Å². The number of nitrogens with one attached hydrogen (secondary N) is 1. The lowest BCUT2D eigenvalue weighted by Crippen LogP contribution is -2.40. The molecule has 0 bridgehead atoms. The average Bonchev–Trinajstić information content (AvgIpc) is 2.28. The highest BCUT2D eigenvalue weighted by Gasteiger charge is 2.20.